The molecule has 11 heteroatoms. The van der Waals surface area contributed by atoms with Crippen molar-refractivity contribution in [2.24, 2.45) is 17.3 Å². The number of rotatable bonds is 10. The van der Waals surface area contributed by atoms with Gasteiger partial charge in [-0.3, -0.25) is 9.59 Å². The Kier molecular flexibility index (Phi) is 9.21. The van der Waals surface area contributed by atoms with Gasteiger partial charge >= 0.3 is 12.3 Å². The number of amides is 1. The molecule has 2 aromatic rings. The zero-order chi connectivity index (χ0) is 36.2. The molecule has 3 fully saturated rings. The predicted octanol–water partition coefficient (Wildman–Crippen LogP) is 6.57. The summed E-state index contributed by atoms with van der Waals surface area (Å²) in [4.78, 5) is 26.3. The van der Waals surface area contributed by atoms with Crippen molar-refractivity contribution in [2.45, 2.75) is 89.6 Å². The smallest absolute Gasteiger partial charge is 0.427 e. The number of benzene rings is 2. The molecule has 8 nitrogen and oxygen atoms in total. The summed E-state index contributed by atoms with van der Waals surface area (Å²) < 4.78 is 58.5. The van der Waals surface area contributed by atoms with Crippen molar-refractivity contribution in [3.8, 4) is 0 Å². The highest BCUT2D eigenvalue weighted by Gasteiger charge is 2.72. The van der Waals surface area contributed by atoms with Crippen LogP contribution < -0.4 is 5.32 Å². The van der Waals surface area contributed by atoms with Gasteiger partial charge in [0.05, 0.1) is 31.8 Å². The first-order valence-corrected chi connectivity index (χ1v) is 18.0. The van der Waals surface area contributed by atoms with Crippen molar-refractivity contribution < 1.29 is 46.6 Å². The van der Waals surface area contributed by atoms with Crippen LogP contribution in [0.3, 0.4) is 0 Å². The van der Waals surface area contributed by atoms with Crippen LogP contribution in [0.2, 0.25) is 0 Å². The van der Waals surface area contributed by atoms with Gasteiger partial charge in [-0.15, -0.1) is 13.2 Å². The van der Waals surface area contributed by atoms with Crippen molar-refractivity contribution in [3.63, 3.8) is 0 Å². The quantitative estimate of drug-likeness (QED) is 0.0955. The molecule has 2 N–H and O–H groups in total. The minimum atomic E-state index is -5.17. The minimum absolute atomic E-state index is 0.118. The first kappa shape index (κ1) is 35.5. The fourth-order valence-electron chi connectivity index (χ4n) is 10.2. The number of esters is 1. The zero-order valence-electron chi connectivity index (χ0n) is 29.2. The molecule has 0 aromatic heterocycles. The Morgan fingerprint density at radius 1 is 1.10 bits per heavy atom. The number of halogens is 3. The van der Waals surface area contributed by atoms with E-state index < -0.39 is 41.2 Å². The monoisotopic (exact) mass is 707 g/mol. The molecule has 1 saturated carbocycles. The highest BCUT2D eigenvalue weighted by Crippen LogP contribution is 2.68. The van der Waals surface area contributed by atoms with Crippen LogP contribution in [0.15, 0.2) is 89.4 Å². The molecule has 2 aromatic carbocycles. The summed E-state index contributed by atoms with van der Waals surface area (Å²) in [5.41, 5.74) is 0.390. The normalized spacial score (nSPS) is 32.6. The van der Waals surface area contributed by atoms with Crippen molar-refractivity contribution in [2.75, 3.05) is 19.6 Å². The molecule has 3 aliphatic carbocycles. The second kappa shape index (κ2) is 13.2. The Hall–Kier alpha value is -3.93. The van der Waals surface area contributed by atoms with E-state index in [1.807, 2.05) is 6.07 Å². The third kappa shape index (κ3) is 6.53. The number of allylic oxidation sites excluding steroid dienone is 1. The van der Waals surface area contributed by atoms with Gasteiger partial charge in [0, 0.05) is 55.1 Å². The number of nitrogens with one attached hydrogen (secondary N) is 1. The van der Waals surface area contributed by atoms with E-state index in [1.165, 1.54) is 30.7 Å². The van der Waals surface area contributed by atoms with Gasteiger partial charge in [0.1, 0.15) is 11.9 Å². The third-order valence-corrected chi connectivity index (χ3v) is 11.7. The Morgan fingerprint density at radius 3 is 2.47 bits per heavy atom. The van der Waals surface area contributed by atoms with Crippen molar-refractivity contribution in [1.82, 2.24) is 5.32 Å². The van der Waals surface area contributed by atoms with Gasteiger partial charge in [0.25, 0.3) is 5.91 Å². The average molecular weight is 708 g/mol. The number of carbonyl (C=O) groups excluding carboxylic acids is 2. The molecule has 7 rings (SSSR count). The number of hydrogen-bond acceptors (Lipinski definition) is 6. The summed E-state index contributed by atoms with van der Waals surface area (Å²) in [7, 11) is 0. The molecule has 1 amide bonds. The number of ether oxygens (including phenoxy) is 3. The molecular weight excluding hydrogens is 661 g/mol. The number of aliphatic hydroxyl groups is 1. The van der Waals surface area contributed by atoms with Crippen LogP contribution in [-0.4, -0.2) is 71.4 Å². The first-order chi connectivity index (χ1) is 24.2. The molecule has 3 unspecified atom stereocenters. The Labute approximate surface area is 296 Å². The lowest BCUT2D eigenvalue weighted by Crippen LogP contribution is -2.71. The third-order valence-electron chi connectivity index (χ3n) is 11.7. The number of nitrogens with zero attached hydrogens (tertiary/aromatic N) is 1. The van der Waals surface area contributed by atoms with Gasteiger partial charge in [0.2, 0.25) is 0 Å². The maximum absolute atomic E-state index is 13.7. The fraction of sp³-hybridized carbons (Fsp3) is 0.500. The van der Waals surface area contributed by atoms with Crippen molar-refractivity contribution >= 4 is 18.0 Å². The lowest BCUT2D eigenvalue weighted by atomic mass is 9.49. The van der Waals surface area contributed by atoms with Gasteiger partial charge in [-0.05, 0) is 35.6 Å². The van der Waals surface area contributed by atoms with E-state index in [1.54, 1.807) is 18.2 Å². The lowest BCUT2D eigenvalue weighted by molar-refractivity contribution is -0.965. The second-order valence-electron chi connectivity index (χ2n) is 15.3. The Morgan fingerprint density at radius 2 is 1.80 bits per heavy atom. The van der Waals surface area contributed by atoms with Crippen LogP contribution in [-0.2, 0) is 30.2 Å². The van der Waals surface area contributed by atoms with E-state index >= 15 is 0 Å². The van der Waals surface area contributed by atoms with Crippen LogP contribution >= 0.6 is 0 Å². The molecule has 51 heavy (non-hydrogen) atoms. The molecule has 2 heterocycles. The summed E-state index contributed by atoms with van der Waals surface area (Å²) in [6.45, 7) is 8.64. The van der Waals surface area contributed by atoms with E-state index in [-0.39, 0.29) is 23.8 Å². The van der Waals surface area contributed by atoms with E-state index in [2.05, 4.69) is 48.2 Å². The number of hydrogen-bond donors (Lipinski definition) is 2. The summed E-state index contributed by atoms with van der Waals surface area (Å²) in [5.74, 6) is -2.19. The predicted molar refractivity (Wildman–Crippen MR) is 183 cm³/mol. The average Bonchev–Trinajstić information content (AvgIpc) is 3.41. The molecule has 7 atom stereocenters. The highest BCUT2D eigenvalue weighted by molar-refractivity contribution is 5.96. The van der Waals surface area contributed by atoms with E-state index in [9.17, 15) is 27.9 Å². The Bertz CT molecular complexity index is 1760. The van der Waals surface area contributed by atoms with Crippen LogP contribution in [0, 0.1) is 17.3 Å². The largest absolute Gasteiger partial charge is 0.573 e. The van der Waals surface area contributed by atoms with Gasteiger partial charge in [0.15, 0.2) is 11.5 Å². The fourth-order valence-corrected chi connectivity index (χ4v) is 10.2. The van der Waals surface area contributed by atoms with E-state index in [4.69, 9.17) is 9.47 Å². The van der Waals surface area contributed by atoms with Crippen LogP contribution in [0.5, 0.6) is 0 Å². The van der Waals surface area contributed by atoms with Gasteiger partial charge in [-0.25, -0.2) is 0 Å². The maximum atomic E-state index is 13.7. The standard InChI is InChI=1S/C40H45F3N2O6/c1-25(2)24-45(19-17-27-11-6-4-7-12-27)20-18-38-30-15-10-16-34(38)50-36-35(38)29(22-31(30)45)33(49-26(3)46)23-39(36,48)44-37(47)32(51-40(41,42)43)21-28-13-8-5-9-14-28/h4-9,11-14,21,23,25,30-31,34,36,48H,10,15-20,22,24H2,1-3H3/p+1/t30-,31+,34-,36?,38+,39?,45?/m0/s1. The van der Waals surface area contributed by atoms with E-state index in [0.717, 1.165) is 73.4 Å². The zero-order valence-corrected chi connectivity index (χ0v) is 29.2. The lowest BCUT2D eigenvalue weighted by Gasteiger charge is -2.63. The first-order valence-electron chi connectivity index (χ1n) is 18.0. The molecule has 2 bridgehead atoms. The number of likely N-dealkylation sites (tertiary alicyclic amines) is 1. The minimum Gasteiger partial charge on any atom is -0.427 e. The number of carbonyl (C=O) groups is 2. The van der Waals surface area contributed by atoms with E-state index in [0.29, 0.717) is 17.9 Å². The molecule has 2 aliphatic heterocycles. The molecule has 272 valence electrons. The number of alkyl halides is 3. The molecule has 5 aliphatic rings. The van der Waals surface area contributed by atoms with Gasteiger partial charge in [-0.2, -0.15) is 0 Å². The topological polar surface area (TPSA) is 94.1 Å². The second-order valence-corrected chi connectivity index (χ2v) is 15.3. The summed E-state index contributed by atoms with van der Waals surface area (Å²) in [6.07, 6.45) is 0.628. The highest BCUT2D eigenvalue weighted by atomic mass is 19.4. The molecule has 2 saturated heterocycles. The van der Waals surface area contributed by atoms with Gasteiger partial charge < -0.3 is 29.1 Å². The van der Waals surface area contributed by atoms with Crippen LogP contribution in [0.1, 0.15) is 64.0 Å². The van der Waals surface area contributed by atoms with Crippen molar-refractivity contribution in [3.05, 3.63) is 101 Å². The SMILES string of the molecule is CC(=O)OC1=CC(O)(NC(=O)C(=Cc2ccccc2)OC(F)(F)F)C2O[C@H]3CCC[C@H]4[C@H]5CC1=C2[C@@]34CC[N+]5(CCc1ccccc1)CC(C)C. The number of quaternary nitrogens is 1. The molecule has 0 radical (unpaired) electrons. The summed E-state index contributed by atoms with van der Waals surface area (Å²) >= 11 is 0. The van der Waals surface area contributed by atoms with Crippen LogP contribution in [0.25, 0.3) is 6.08 Å². The van der Waals surface area contributed by atoms with Gasteiger partial charge in [-0.1, -0.05) is 80.9 Å². The maximum Gasteiger partial charge on any atom is 0.573 e. The molecular formula is C40H46F3N2O6+. The number of piperidine rings is 1. The van der Waals surface area contributed by atoms with Crippen molar-refractivity contribution in [1.29, 1.82) is 0 Å². The van der Waals surface area contributed by atoms with Crippen LogP contribution in [0.4, 0.5) is 13.2 Å². The Balaban J connectivity index is 1.29. The summed E-state index contributed by atoms with van der Waals surface area (Å²) in [5, 5.41) is 14.8. The molecule has 1 spiro atoms. The summed E-state index contributed by atoms with van der Waals surface area (Å²) in [6, 6.07) is 18.7.